The summed E-state index contributed by atoms with van der Waals surface area (Å²) < 4.78 is 11.7. The molecule has 1 saturated heterocycles. The van der Waals surface area contributed by atoms with Crippen LogP contribution in [0.1, 0.15) is 19.8 Å². The topological polar surface area (TPSA) is 84.9 Å². The first-order valence-corrected chi connectivity index (χ1v) is 7.73. The number of carboxylic acids is 1. The first-order chi connectivity index (χ1) is 10.4. The lowest BCUT2D eigenvalue weighted by Gasteiger charge is -2.28. The van der Waals surface area contributed by atoms with Crippen molar-refractivity contribution in [2.45, 2.75) is 31.4 Å². The fourth-order valence-corrected chi connectivity index (χ4v) is 2.72. The maximum atomic E-state index is 12.3. The minimum Gasteiger partial charge on any atom is -0.481 e. The van der Waals surface area contributed by atoms with Crippen LogP contribution >= 0.6 is 15.9 Å². The Balaban J connectivity index is 1.99. The number of carboxylic acid groups (broad SMARTS) is 1. The summed E-state index contributed by atoms with van der Waals surface area (Å²) >= 11 is 3.33. The molecule has 0 radical (unpaired) electrons. The van der Waals surface area contributed by atoms with Crippen molar-refractivity contribution >= 4 is 27.8 Å². The van der Waals surface area contributed by atoms with E-state index in [4.69, 9.17) is 14.6 Å². The number of benzene rings is 1. The van der Waals surface area contributed by atoms with Crippen molar-refractivity contribution in [1.82, 2.24) is 5.32 Å². The van der Waals surface area contributed by atoms with Crippen molar-refractivity contribution in [3.8, 4) is 5.75 Å². The Hall–Kier alpha value is -1.60. The molecule has 1 aromatic rings. The van der Waals surface area contributed by atoms with Crippen molar-refractivity contribution in [1.29, 1.82) is 0 Å². The van der Waals surface area contributed by atoms with Gasteiger partial charge < -0.3 is 19.9 Å². The molecule has 1 heterocycles. The molecule has 1 aliphatic heterocycles. The number of rotatable bonds is 6. The van der Waals surface area contributed by atoms with Crippen molar-refractivity contribution in [2.75, 3.05) is 13.2 Å². The van der Waals surface area contributed by atoms with Gasteiger partial charge in [0.05, 0.1) is 18.6 Å². The Bertz CT molecular complexity index is 557. The predicted octanol–water partition coefficient (Wildman–Crippen LogP) is 1.97. The molecule has 2 atom stereocenters. The number of carbonyl (C=O) groups is 2. The molecule has 2 N–H and O–H groups in total. The summed E-state index contributed by atoms with van der Waals surface area (Å²) in [5.41, 5.74) is -0.849. The summed E-state index contributed by atoms with van der Waals surface area (Å²) in [6.07, 6.45) is -0.419. The number of amides is 1. The van der Waals surface area contributed by atoms with Gasteiger partial charge in [-0.05, 0) is 31.5 Å². The minimum atomic E-state index is -0.966. The van der Waals surface area contributed by atoms with Crippen molar-refractivity contribution < 1.29 is 24.2 Å². The molecule has 2 unspecified atom stereocenters. The van der Waals surface area contributed by atoms with Crippen LogP contribution < -0.4 is 10.1 Å². The number of hydrogen-bond donors (Lipinski definition) is 2. The number of carbonyl (C=O) groups excluding carboxylic acids is 1. The van der Waals surface area contributed by atoms with Crippen LogP contribution in [0.4, 0.5) is 0 Å². The summed E-state index contributed by atoms with van der Waals surface area (Å²) in [6.45, 7) is 2.27. The molecular weight excluding hydrogens is 354 g/mol. The number of halogens is 1. The van der Waals surface area contributed by atoms with E-state index in [-0.39, 0.29) is 18.9 Å². The van der Waals surface area contributed by atoms with Crippen LogP contribution in [-0.2, 0) is 14.3 Å². The molecule has 0 saturated carbocycles. The van der Waals surface area contributed by atoms with Crippen molar-refractivity contribution in [2.24, 2.45) is 0 Å². The number of aliphatic carboxylic acids is 1. The first kappa shape index (κ1) is 16.8. The van der Waals surface area contributed by atoms with Gasteiger partial charge in [0.2, 0.25) is 0 Å². The van der Waals surface area contributed by atoms with Crippen LogP contribution in [0.2, 0.25) is 0 Å². The van der Waals surface area contributed by atoms with Crippen LogP contribution in [0.3, 0.4) is 0 Å². The standard InChI is InChI=1S/C15H18BrNO5/c1-10(22-12-4-2-3-11(16)7-12)14(20)17-15(8-13(18)19)5-6-21-9-15/h2-4,7,10H,5-6,8-9H2,1H3,(H,17,20)(H,18,19). The molecule has 120 valence electrons. The van der Waals surface area contributed by atoms with Gasteiger partial charge in [-0.15, -0.1) is 0 Å². The van der Waals surface area contributed by atoms with Gasteiger partial charge in [0.15, 0.2) is 6.10 Å². The second kappa shape index (κ2) is 7.11. The summed E-state index contributed by atoms with van der Waals surface area (Å²) in [5, 5.41) is 11.8. The lowest BCUT2D eigenvalue weighted by Crippen LogP contribution is -2.53. The Labute approximate surface area is 136 Å². The molecule has 2 rings (SSSR count). The third-order valence-corrected chi connectivity index (χ3v) is 3.95. The maximum absolute atomic E-state index is 12.3. The van der Waals surface area contributed by atoms with Crippen molar-refractivity contribution in [3.63, 3.8) is 0 Å². The Morgan fingerprint density at radius 3 is 2.91 bits per heavy atom. The Morgan fingerprint density at radius 1 is 1.55 bits per heavy atom. The van der Waals surface area contributed by atoms with Crippen LogP contribution in [0.15, 0.2) is 28.7 Å². The zero-order valence-corrected chi connectivity index (χ0v) is 13.8. The van der Waals surface area contributed by atoms with Gasteiger partial charge >= 0.3 is 5.97 Å². The van der Waals surface area contributed by atoms with E-state index in [0.717, 1.165) is 4.47 Å². The smallest absolute Gasteiger partial charge is 0.305 e. The summed E-state index contributed by atoms with van der Waals surface area (Å²) in [7, 11) is 0. The quantitative estimate of drug-likeness (QED) is 0.798. The van der Waals surface area contributed by atoms with E-state index < -0.39 is 17.6 Å². The third kappa shape index (κ3) is 4.45. The van der Waals surface area contributed by atoms with Crippen LogP contribution in [0.5, 0.6) is 5.75 Å². The average Bonchev–Trinajstić information content (AvgIpc) is 2.85. The van der Waals surface area contributed by atoms with E-state index in [1.165, 1.54) is 0 Å². The average molecular weight is 372 g/mol. The molecule has 1 fully saturated rings. The lowest BCUT2D eigenvalue weighted by atomic mass is 9.94. The van der Waals surface area contributed by atoms with Gasteiger partial charge in [0, 0.05) is 11.1 Å². The van der Waals surface area contributed by atoms with Gasteiger partial charge in [-0.3, -0.25) is 9.59 Å². The van der Waals surface area contributed by atoms with Crippen LogP contribution in [-0.4, -0.2) is 41.8 Å². The summed E-state index contributed by atoms with van der Waals surface area (Å²) in [5.74, 6) is -0.759. The molecule has 1 aromatic carbocycles. The SMILES string of the molecule is CC(Oc1cccc(Br)c1)C(=O)NC1(CC(=O)O)CCOC1. The summed E-state index contributed by atoms with van der Waals surface area (Å²) in [4.78, 5) is 23.3. The Morgan fingerprint density at radius 2 is 2.32 bits per heavy atom. The van der Waals surface area contributed by atoms with E-state index in [9.17, 15) is 9.59 Å². The second-order valence-corrected chi connectivity index (χ2v) is 6.28. The second-order valence-electron chi connectivity index (χ2n) is 5.36. The van der Waals surface area contributed by atoms with E-state index in [0.29, 0.717) is 18.8 Å². The zero-order chi connectivity index (χ0) is 16.2. The molecule has 1 amide bonds. The lowest BCUT2D eigenvalue weighted by molar-refractivity contribution is -0.139. The molecule has 0 spiro atoms. The van der Waals surface area contributed by atoms with Gasteiger partial charge in [0.1, 0.15) is 5.75 Å². The minimum absolute atomic E-state index is 0.164. The van der Waals surface area contributed by atoms with Gasteiger partial charge in [-0.2, -0.15) is 0 Å². The zero-order valence-electron chi connectivity index (χ0n) is 12.2. The van der Waals surface area contributed by atoms with E-state index in [1.807, 2.05) is 6.07 Å². The fraction of sp³-hybridized carbons (Fsp3) is 0.467. The molecule has 0 aliphatic carbocycles. The highest BCUT2D eigenvalue weighted by atomic mass is 79.9. The number of hydrogen-bond acceptors (Lipinski definition) is 4. The van der Waals surface area contributed by atoms with Gasteiger partial charge in [-0.25, -0.2) is 0 Å². The first-order valence-electron chi connectivity index (χ1n) is 6.94. The highest BCUT2D eigenvalue weighted by molar-refractivity contribution is 9.10. The van der Waals surface area contributed by atoms with Gasteiger partial charge in [-0.1, -0.05) is 22.0 Å². The largest absolute Gasteiger partial charge is 0.481 e. The highest BCUT2D eigenvalue weighted by Crippen LogP contribution is 2.24. The monoisotopic (exact) mass is 371 g/mol. The number of ether oxygens (including phenoxy) is 2. The fourth-order valence-electron chi connectivity index (χ4n) is 2.34. The highest BCUT2D eigenvalue weighted by Gasteiger charge is 2.39. The van der Waals surface area contributed by atoms with E-state index in [1.54, 1.807) is 25.1 Å². The molecular formula is C15H18BrNO5. The molecule has 22 heavy (non-hydrogen) atoms. The molecule has 0 bridgehead atoms. The normalized spacial score (nSPS) is 22.1. The van der Waals surface area contributed by atoms with E-state index in [2.05, 4.69) is 21.2 Å². The van der Waals surface area contributed by atoms with Crippen LogP contribution in [0.25, 0.3) is 0 Å². The van der Waals surface area contributed by atoms with Gasteiger partial charge in [0.25, 0.3) is 5.91 Å². The molecule has 6 nitrogen and oxygen atoms in total. The molecule has 7 heteroatoms. The maximum Gasteiger partial charge on any atom is 0.305 e. The van der Waals surface area contributed by atoms with Crippen LogP contribution in [0, 0.1) is 0 Å². The summed E-state index contributed by atoms with van der Waals surface area (Å²) in [6, 6.07) is 7.17. The van der Waals surface area contributed by atoms with Crippen molar-refractivity contribution in [3.05, 3.63) is 28.7 Å². The molecule has 1 aliphatic rings. The Kier molecular flexibility index (Phi) is 5.42. The third-order valence-electron chi connectivity index (χ3n) is 3.46. The number of nitrogens with one attached hydrogen (secondary N) is 1. The van der Waals surface area contributed by atoms with E-state index >= 15 is 0 Å². The predicted molar refractivity (Wildman–Crippen MR) is 82.8 cm³/mol. The molecule has 0 aromatic heterocycles.